The van der Waals surface area contributed by atoms with E-state index in [4.69, 9.17) is 0 Å². The second-order valence-corrected chi connectivity index (χ2v) is 7.94. The molecule has 0 aliphatic carbocycles. The molecule has 0 aromatic heterocycles. The molecule has 0 saturated carbocycles. The maximum absolute atomic E-state index is 12.9. The van der Waals surface area contributed by atoms with Crippen molar-refractivity contribution in [1.29, 1.82) is 0 Å². The summed E-state index contributed by atoms with van der Waals surface area (Å²) in [6.45, 7) is 8.53. The summed E-state index contributed by atoms with van der Waals surface area (Å²) in [7, 11) is 0. The number of nitrogens with one attached hydrogen (secondary N) is 3. The van der Waals surface area contributed by atoms with E-state index in [2.05, 4.69) is 28.1 Å². The van der Waals surface area contributed by atoms with Crippen molar-refractivity contribution in [2.24, 2.45) is 5.92 Å². The van der Waals surface area contributed by atoms with Gasteiger partial charge in [0.2, 0.25) is 11.8 Å². The minimum absolute atomic E-state index is 0.0226. The van der Waals surface area contributed by atoms with Gasteiger partial charge in [0.15, 0.2) is 0 Å². The number of hydrogen-bond acceptors (Lipinski definition) is 3. The van der Waals surface area contributed by atoms with Crippen LogP contribution in [0.5, 0.6) is 0 Å². The molecule has 0 unspecified atom stereocenters. The van der Waals surface area contributed by atoms with Crippen LogP contribution in [0.3, 0.4) is 0 Å². The minimum atomic E-state index is -0.591. The van der Waals surface area contributed by atoms with Crippen molar-refractivity contribution in [1.82, 2.24) is 10.6 Å². The Morgan fingerprint density at radius 2 is 1.79 bits per heavy atom. The van der Waals surface area contributed by atoms with Crippen LogP contribution in [0, 0.1) is 19.8 Å². The number of aryl methyl sites for hydroxylation is 2. The zero-order valence-corrected chi connectivity index (χ0v) is 17.0. The molecule has 2 aromatic carbocycles. The van der Waals surface area contributed by atoms with Crippen molar-refractivity contribution in [3.63, 3.8) is 0 Å². The highest BCUT2D eigenvalue weighted by Gasteiger charge is 2.30. The number of carbonyl (C=O) groups is 2. The monoisotopic (exact) mass is 379 g/mol. The predicted molar refractivity (Wildman–Crippen MR) is 112 cm³/mol. The third kappa shape index (κ3) is 4.60. The van der Waals surface area contributed by atoms with Gasteiger partial charge in [-0.25, -0.2) is 0 Å². The SMILES string of the molecule is Cc1ccc(NC(=O)[C@@H](NC(=O)[C@@H]2Cc3ccccc3CN2)C(C)C)c(C)c1. The molecule has 0 radical (unpaired) electrons. The Kier molecular flexibility index (Phi) is 6.15. The summed E-state index contributed by atoms with van der Waals surface area (Å²) in [6, 6.07) is 13.1. The smallest absolute Gasteiger partial charge is 0.247 e. The van der Waals surface area contributed by atoms with E-state index in [0.29, 0.717) is 13.0 Å². The van der Waals surface area contributed by atoms with Gasteiger partial charge in [0, 0.05) is 12.2 Å². The summed E-state index contributed by atoms with van der Waals surface area (Å²) >= 11 is 0. The zero-order chi connectivity index (χ0) is 20.3. The fourth-order valence-electron chi connectivity index (χ4n) is 3.59. The van der Waals surface area contributed by atoms with Crippen molar-refractivity contribution in [2.45, 2.75) is 52.7 Å². The highest BCUT2D eigenvalue weighted by molar-refractivity contribution is 5.98. The summed E-state index contributed by atoms with van der Waals surface area (Å²) in [4.78, 5) is 25.7. The van der Waals surface area contributed by atoms with Crippen molar-refractivity contribution < 1.29 is 9.59 Å². The van der Waals surface area contributed by atoms with Crippen LogP contribution in [0.2, 0.25) is 0 Å². The summed E-state index contributed by atoms with van der Waals surface area (Å²) in [6.07, 6.45) is 0.630. The molecule has 3 N–H and O–H groups in total. The average molecular weight is 380 g/mol. The molecular formula is C23H29N3O2. The lowest BCUT2D eigenvalue weighted by atomic mass is 9.94. The molecule has 2 aromatic rings. The standard InChI is InChI=1S/C23H29N3O2/c1-14(2)21(23(28)25-19-10-9-15(3)11-16(19)4)26-22(27)20-12-17-7-5-6-8-18(17)13-24-20/h5-11,14,20-21,24H,12-13H2,1-4H3,(H,25,28)(H,26,27)/t20-,21-/m0/s1. The number of rotatable bonds is 5. The van der Waals surface area contributed by atoms with E-state index in [1.165, 1.54) is 11.1 Å². The maximum Gasteiger partial charge on any atom is 0.247 e. The van der Waals surface area contributed by atoms with Gasteiger partial charge >= 0.3 is 0 Å². The highest BCUT2D eigenvalue weighted by atomic mass is 16.2. The van der Waals surface area contributed by atoms with E-state index < -0.39 is 6.04 Å². The van der Waals surface area contributed by atoms with Crippen molar-refractivity contribution in [2.75, 3.05) is 5.32 Å². The molecule has 1 aliphatic heterocycles. The second-order valence-electron chi connectivity index (χ2n) is 7.94. The number of fused-ring (bicyclic) bond motifs is 1. The van der Waals surface area contributed by atoms with Crippen LogP contribution in [0.1, 0.15) is 36.1 Å². The number of benzene rings is 2. The summed E-state index contributed by atoms with van der Waals surface area (Å²) in [5.41, 5.74) is 5.34. The lowest BCUT2D eigenvalue weighted by molar-refractivity contribution is -0.128. The van der Waals surface area contributed by atoms with Gasteiger partial charge in [-0.1, -0.05) is 55.8 Å². The maximum atomic E-state index is 12.9. The Labute approximate surface area is 166 Å². The first kappa shape index (κ1) is 20.1. The van der Waals surface area contributed by atoms with E-state index >= 15 is 0 Å². The summed E-state index contributed by atoms with van der Waals surface area (Å²) < 4.78 is 0. The summed E-state index contributed by atoms with van der Waals surface area (Å²) in [5.74, 6) is -0.346. The van der Waals surface area contributed by atoms with Crippen LogP contribution in [0.25, 0.3) is 0 Å². The first-order valence-electron chi connectivity index (χ1n) is 9.84. The molecule has 2 amide bonds. The number of carbonyl (C=O) groups excluding carboxylic acids is 2. The van der Waals surface area contributed by atoms with Gasteiger partial charge in [-0.3, -0.25) is 9.59 Å². The third-order valence-electron chi connectivity index (χ3n) is 5.28. The fraction of sp³-hybridized carbons (Fsp3) is 0.391. The number of anilines is 1. The van der Waals surface area contributed by atoms with Gasteiger partial charge in [0.05, 0.1) is 6.04 Å². The van der Waals surface area contributed by atoms with Gasteiger partial charge < -0.3 is 16.0 Å². The lowest BCUT2D eigenvalue weighted by Gasteiger charge is -2.28. The molecule has 5 nitrogen and oxygen atoms in total. The number of hydrogen-bond donors (Lipinski definition) is 3. The van der Waals surface area contributed by atoms with Crippen LogP contribution >= 0.6 is 0 Å². The molecule has 2 atom stereocenters. The molecule has 0 spiro atoms. The van der Waals surface area contributed by atoms with Crippen LogP contribution < -0.4 is 16.0 Å². The molecule has 0 bridgehead atoms. The second kappa shape index (κ2) is 8.57. The van der Waals surface area contributed by atoms with E-state index in [1.54, 1.807) is 0 Å². The van der Waals surface area contributed by atoms with E-state index in [-0.39, 0.29) is 23.8 Å². The molecule has 1 heterocycles. The Morgan fingerprint density at radius 1 is 1.07 bits per heavy atom. The first-order valence-corrected chi connectivity index (χ1v) is 9.84. The zero-order valence-electron chi connectivity index (χ0n) is 17.0. The Morgan fingerprint density at radius 3 is 2.46 bits per heavy atom. The van der Waals surface area contributed by atoms with Gasteiger partial charge in [-0.05, 0) is 48.9 Å². The van der Waals surface area contributed by atoms with Gasteiger partial charge in [-0.15, -0.1) is 0 Å². The number of amides is 2. The van der Waals surface area contributed by atoms with Crippen molar-refractivity contribution in [3.05, 3.63) is 64.7 Å². The molecule has 3 rings (SSSR count). The molecule has 5 heteroatoms. The first-order chi connectivity index (χ1) is 13.3. The van der Waals surface area contributed by atoms with E-state index in [9.17, 15) is 9.59 Å². The quantitative estimate of drug-likeness (QED) is 0.748. The lowest BCUT2D eigenvalue weighted by Crippen LogP contribution is -2.54. The molecule has 0 fully saturated rings. The van der Waals surface area contributed by atoms with Crippen LogP contribution in [0.15, 0.2) is 42.5 Å². The summed E-state index contributed by atoms with van der Waals surface area (Å²) in [5, 5.41) is 9.20. The third-order valence-corrected chi connectivity index (χ3v) is 5.28. The van der Waals surface area contributed by atoms with Crippen LogP contribution in [-0.4, -0.2) is 23.9 Å². The topological polar surface area (TPSA) is 70.2 Å². The van der Waals surface area contributed by atoms with E-state index in [1.807, 2.05) is 58.0 Å². The van der Waals surface area contributed by atoms with Crippen LogP contribution in [0.4, 0.5) is 5.69 Å². The van der Waals surface area contributed by atoms with Gasteiger partial charge in [-0.2, -0.15) is 0 Å². The van der Waals surface area contributed by atoms with Crippen molar-refractivity contribution >= 4 is 17.5 Å². The molecule has 1 aliphatic rings. The molecular weight excluding hydrogens is 350 g/mol. The molecule has 148 valence electrons. The molecule has 28 heavy (non-hydrogen) atoms. The average Bonchev–Trinajstić information content (AvgIpc) is 2.67. The fourth-order valence-corrected chi connectivity index (χ4v) is 3.59. The normalized spacial score (nSPS) is 17.0. The van der Waals surface area contributed by atoms with Gasteiger partial charge in [0.25, 0.3) is 0 Å². The Balaban J connectivity index is 1.67. The molecule has 0 saturated heterocycles. The Hall–Kier alpha value is -2.66. The Bertz CT molecular complexity index is 876. The largest absolute Gasteiger partial charge is 0.343 e. The van der Waals surface area contributed by atoms with E-state index in [0.717, 1.165) is 16.8 Å². The van der Waals surface area contributed by atoms with Crippen molar-refractivity contribution in [3.8, 4) is 0 Å². The minimum Gasteiger partial charge on any atom is -0.343 e. The van der Waals surface area contributed by atoms with Crippen LogP contribution in [-0.2, 0) is 22.6 Å². The predicted octanol–water partition coefficient (Wildman–Crippen LogP) is 3.10. The van der Waals surface area contributed by atoms with Gasteiger partial charge in [0.1, 0.15) is 6.04 Å². The highest BCUT2D eigenvalue weighted by Crippen LogP contribution is 2.19.